The molecule has 1 aromatic carbocycles. The van der Waals surface area contributed by atoms with E-state index in [1.165, 1.54) is 6.92 Å². The average Bonchev–Trinajstić information content (AvgIpc) is 2.27. The maximum atomic E-state index is 13.6. The number of hydrogen-bond donors (Lipinski definition) is 0. The molecule has 0 bridgehead atoms. The molecule has 0 heterocycles. The van der Waals surface area contributed by atoms with Crippen molar-refractivity contribution < 1.29 is 13.5 Å². The fourth-order valence-corrected chi connectivity index (χ4v) is 1.84. The highest BCUT2D eigenvalue weighted by Crippen LogP contribution is 2.19. The fourth-order valence-electron chi connectivity index (χ4n) is 1.21. The third-order valence-electron chi connectivity index (χ3n) is 2.29. The molecule has 7 heteroatoms. The highest BCUT2D eigenvalue weighted by molar-refractivity contribution is 7.85. The van der Waals surface area contributed by atoms with Crippen LogP contribution in [0.2, 0.25) is 0 Å². The second-order valence-electron chi connectivity index (χ2n) is 4.96. The van der Waals surface area contributed by atoms with E-state index in [1.54, 1.807) is 20.8 Å². The molecule has 0 amide bonds. The summed E-state index contributed by atoms with van der Waals surface area (Å²) in [5.74, 6) is -0.627. The Kier molecular flexibility index (Phi) is 4.52. The number of nitrogens with zero attached hydrogens (tertiary/aromatic N) is 2. The molecule has 0 spiro atoms. The highest BCUT2D eigenvalue weighted by Gasteiger charge is 2.20. The van der Waals surface area contributed by atoms with Gasteiger partial charge in [0.1, 0.15) is 16.8 Å². The van der Waals surface area contributed by atoms with Gasteiger partial charge in [0.25, 0.3) is 5.69 Å². The minimum atomic E-state index is -1.54. The van der Waals surface area contributed by atoms with Crippen molar-refractivity contribution in [3.8, 4) is 0 Å². The van der Waals surface area contributed by atoms with Gasteiger partial charge in [-0.05, 0) is 33.8 Å². The predicted molar refractivity (Wildman–Crippen MR) is 73.2 cm³/mol. The van der Waals surface area contributed by atoms with Crippen LogP contribution in [0.15, 0.2) is 22.6 Å². The summed E-state index contributed by atoms with van der Waals surface area (Å²) >= 11 is 0. The van der Waals surface area contributed by atoms with Crippen LogP contribution in [0, 0.1) is 15.9 Å². The normalized spacial score (nSPS) is 14.3. The molecular formula is C12H15FN2O3S. The predicted octanol–water partition coefficient (Wildman–Crippen LogP) is 3.01. The van der Waals surface area contributed by atoms with E-state index in [4.69, 9.17) is 0 Å². The van der Waals surface area contributed by atoms with Crippen molar-refractivity contribution in [2.75, 3.05) is 0 Å². The Bertz CT molecular complexity index is 565. The van der Waals surface area contributed by atoms with E-state index >= 15 is 0 Å². The zero-order chi connectivity index (χ0) is 14.8. The molecule has 1 aromatic rings. The second kappa shape index (κ2) is 5.56. The van der Waals surface area contributed by atoms with Crippen molar-refractivity contribution in [3.63, 3.8) is 0 Å². The molecule has 0 fully saturated rings. The number of non-ortho nitro benzene ring substituents is 1. The number of hydrogen-bond acceptors (Lipinski definition) is 3. The van der Waals surface area contributed by atoms with Crippen LogP contribution >= 0.6 is 0 Å². The molecule has 1 atom stereocenters. The molecular weight excluding hydrogens is 271 g/mol. The monoisotopic (exact) mass is 286 g/mol. The van der Waals surface area contributed by atoms with Crippen molar-refractivity contribution in [1.29, 1.82) is 0 Å². The maximum absolute atomic E-state index is 13.6. The lowest BCUT2D eigenvalue weighted by Crippen LogP contribution is -2.20. The first-order valence-corrected chi connectivity index (χ1v) is 6.65. The van der Waals surface area contributed by atoms with Crippen molar-refractivity contribution in [1.82, 2.24) is 0 Å². The van der Waals surface area contributed by atoms with E-state index in [-0.39, 0.29) is 17.0 Å². The smallest absolute Gasteiger partial charge is 0.258 e. The molecule has 1 unspecified atom stereocenters. The van der Waals surface area contributed by atoms with Crippen molar-refractivity contribution in [3.05, 3.63) is 39.7 Å². The van der Waals surface area contributed by atoms with Crippen LogP contribution in [0.3, 0.4) is 0 Å². The molecule has 19 heavy (non-hydrogen) atoms. The Labute approximate surface area is 113 Å². The van der Waals surface area contributed by atoms with Crippen LogP contribution in [0.25, 0.3) is 0 Å². The van der Waals surface area contributed by atoms with Gasteiger partial charge in [-0.2, -0.15) is 4.40 Å². The van der Waals surface area contributed by atoms with E-state index in [9.17, 15) is 18.7 Å². The first kappa shape index (κ1) is 15.4. The molecule has 0 saturated heterocycles. The minimum absolute atomic E-state index is 0.00759. The van der Waals surface area contributed by atoms with Gasteiger partial charge in [0.15, 0.2) is 0 Å². The average molecular weight is 286 g/mol. The number of benzene rings is 1. The molecule has 104 valence electrons. The Balaban J connectivity index is 3.22. The fraction of sp³-hybridized carbons (Fsp3) is 0.417. The first-order valence-electron chi connectivity index (χ1n) is 5.54. The largest absolute Gasteiger partial charge is 0.270 e. The summed E-state index contributed by atoms with van der Waals surface area (Å²) in [6.45, 7) is 6.70. The van der Waals surface area contributed by atoms with Crippen molar-refractivity contribution in [2.45, 2.75) is 32.4 Å². The van der Waals surface area contributed by atoms with Crippen LogP contribution in [-0.2, 0) is 11.0 Å². The van der Waals surface area contributed by atoms with Gasteiger partial charge in [0, 0.05) is 17.7 Å². The van der Waals surface area contributed by atoms with Crippen LogP contribution < -0.4 is 0 Å². The van der Waals surface area contributed by atoms with E-state index in [1.807, 2.05) is 0 Å². The molecule has 0 saturated carbocycles. The van der Waals surface area contributed by atoms with Gasteiger partial charge >= 0.3 is 0 Å². The lowest BCUT2D eigenvalue weighted by molar-refractivity contribution is -0.384. The van der Waals surface area contributed by atoms with E-state index < -0.39 is 26.5 Å². The van der Waals surface area contributed by atoms with E-state index in [2.05, 4.69) is 4.40 Å². The Hall–Kier alpha value is -1.63. The van der Waals surface area contributed by atoms with Gasteiger partial charge in [0.2, 0.25) is 0 Å². The van der Waals surface area contributed by atoms with E-state index in [0.29, 0.717) is 0 Å². The van der Waals surface area contributed by atoms with E-state index in [0.717, 1.165) is 18.2 Å². The number of rotatable bonds is 3. The first-order chi connectivity index (χ1) is 8.62. The molecule has 0 aliphatic carbocycles. The Morgan fingerprint density at radius 1 is 1.42 bits per heavy atom. The summed E-state index contributed by atoms with van der Waals surface area (Å²) in [5.41, 5.74) is -0.0613. The van der Waals surface area contributed by atoms with Gasteiger partial charge in [-0.3, -0.25) is 10.1 Å². The molecule has 0 N–H and O–H groups in total. The number of nitro benzene ring substituents is 1. The standard InChI is InChI=1S/C12H15FN2O3S/c1-8(14-19(18)12(2,3)4)10-7-9(15(16)17)5-6-11(10)13/h5-7H,1-4H3. The third kappa shape index (κ3) is 3.92. The van der Waals surface area contributed by atoms with Crippen LogP contribution in [0.1, 0.15) is 33.3 Å². The molecule has 0 aromatic heterocycles. The van der Waals surface area contributed by atoms with Crippen LogP contribution in [0.5, 0.6) is 0 Å². The third-order valence-corrected chi connectivity index (χ3v) is 3.78. The Morgan fingerprint density at radius 3 is 2.47 bits per heavy atom. The molecule has 5 nitrogen and oxygen atoms in total. The molecule has 0 aliphatic heterocycles. The summed E-state index contributed by atoms with van der Waals surface area (Å²) in [4.78, 5) is 10.0. The van der Waals surface area contributed by atoms with Gasteiger partial charge in [-0.25, -0.2) is 8.60 Å². The van der Waals surface area contributed by atoms with Gasteiger partial charge in [-0.15, -0.1) is 0 Å². The SMILES string of the molecule is CC(=NS(=O)C(C)(C)C)c1cc([N+](=O)[O-])ccc1F. The van der Waals surface area contributed by atoms with Gasteiger partial charge < -0.3 is 0 Å². The topological polar surface area (TPSA) is 72.6 Å². The maximum Gasteiger partial charge on any atom is 0.270 e. The number of nitro groups is 1. The summed E-state index contributed by atoms with van der Waals surface area (Å²) in [7, 11) is -1.54. The molecule has 0 aliphatic rings. The quantitative estimate of drug-likeness (QED) is 0.487. The second-order valence-corrected chi connectivity index (χ2v) is 6.87. The summed E-state index contributed by atoms with van der Waals surface area (Å²) in [6, 6.07) is 3.17. The Morgan fingerprint density at radius 2 is 2.00 bits per heavy atom. The van der Waals surface area contributed by atoms with Crippen molar-refractivity contribution in [2.24, 2.45) is 4.40 Å². The highest BCUT2D eigenvalue weighted by atomic mass is 32.2. The summed E-state index contributed by atoms with van der Waals surface area (Å²) in [6.07, 6.45) is 0. The lowest BCUT2D eigenvalue weighted by atomic mass is 10.1. The minimum Gasteiger partial charge on any atom is -0.258 e. The van der Waals surface area contributed by atoms with Crippen molar-refractivity contribution >= 4 is 22.4 Å². The molecule has 1 rings (SSSR count). The number of halogens is 1. The molecule has 0 radical (unpaired) electrons. The van der Waals surface area contributed by atoms with Crippen LogP contribution in [0.4, 0.5) is 10.1 Å². The summed E-state index contributed by atoms with van der Waals surface area (Å²) in [5, 5.41) is 10.7. The van der Waals surface area contributed by atoms with Gasteiger partial charge in [0.05, 0.1) is 15.4 Å². The zero-order valence-corrected chi connectivity index (χ0v) is 12.0. The van der Waals surface area contributed by atoms with Crippen LogP contribution in [-0.4, -0.2) is 19.6 Å². The summed E-state index contributed by atoms with van der Waals surface area (Å²) < 4.78 is 28.8. The van der Waals surface area contributed by atoms with Gasteiger partial charge in [-0.1, -0.05) is 0 Å². The lowest BCUT2D eigenvalue weighted by Gasteiger charge is -2.14. The zero-order valence-electron chi connectivity index (χ0n) is 11.1.